The molecular weight excluding hydrogens is 236 g/mol. The number of fused-ring (bicyclic) bond motifs is 1. The summed E-state index contributed by atoms with van der Waals surface area (Å²) in [5.41, 5.74) is 3.64. The molecule has 0 bridgehead atoms. The number of pyridine rings is 1. The van der Waals surface area contributed by atoms with Crippen LogP contribution in [0.3, 0.4) is 0 Å². The number of nitriles is 1. The lowest BCUT2D eigenvalue weighted by molar-refractivity contribution is 1.32. The number of aromatic amines is 1. The predicted molar refractivity (Wildman–Crippen MR) is 75.3 cm³/mol. The molecule has 0 fully saturated rings. The van der Waals surface area contributed by atoms with Gasteiger partial charge in [0.15, 0.2) is 5.82 Å². The van der Waals surface area contributed by atoms with E-state index in [1.165, 1.54) is 5.56 Å². The Balaban J connectivity index is 2.03. The third-order valence-corrected chi connectivity index (χ3v) is 3.06. The van der Waals surface area contributed by atoms with E-state index in [0.717, 1.165) is 22.4 Å². The monoisotopic (exact) mass is 248 g/mol. The number of H-pyrrole nitrogens is 1. The van der Waals surface area contributed by atoms with E-state index in [1.54, 1.807) is 18.3 Å². The minimum Gasteiger partial charge on any atom is -0.358 e. The number of anilines is 2. The molecule has 2 heterocycles. The maximum Gasteiger partial charge on any atom is 0.154 e. The summed E-state index contributed by atoms with van der Waals surface area (Å²) < 4.78 is 0. The number of nitrogens with one attached hydrogen (secondary N) is 2. The van der Waals surface area contributed by atoms with Crippen LogP contribution in [-0.4, -0.2) is 9.97 Å². The van der Waals surface area contributed by atoms with Gasteiger partial charge in [-0.3, -0.25) is 0 Å². The average molecular weight is 248 g/mol. The second-order valence-corrected chi connectivity index (χ2v) is 4.37. The molecule has 0 saturated carbocycles. The first-order valence-electron chi connectivity index (χ1n) is 5.98. The fourth-order valence-electron chi connectivity index (χ4n) is 2.09. The van der Waals surface area contributed by atoms with Crippen molar-refractivity contribution in [2.45, 2.75) is 6.92 Å². The SMILES string of the molecule is Cc1c[nH]c2c(Nc3cccc(C#N)c3)nccc12. The molecule has 19 heavy (non-hydrogen) atoms. The van der Waals surface area contributed by atoms with Gasteiger partial charge >= 0.3 is 0 Å². The molecule has 0 radical (unpaired) electrons. The zero-order valence-electron chi connectivity index (χ0n) is 10.4. The second-order valence-electron chi connectivity index (χ2n) is 4.37. The van der Waals surface area contributed by atoms with E-state index in [1.807, 2.05) is 24.4 Å². The third-order valence-electron chi connectivity index (χ3n) is 3.06. The molecule has 0 aliphatic rings. The number of aromatic nitrogens is 2. The van der Waals surface area contributed by atoms with Crippen molar-refractivity contribution in [1.29, 1.82) is 5.26 Å². The van der Waals surface area contributed by atoms with Crippen molar-refractivity contribution >= 4 is 22.4 Å². The van der Waals surface area contributed by atoms with Gasteiger partial charge in [-0.1, -0.05) is 6.07 Å². The molecule has 0 spiro atoms. The number of hydrogen-bond donors (Lipinski definition) is 2. The van der Waals surface area contributed by atoms with Crippen molar-refractivity contribution in [3.8, 4) is 6.07 Å². The molecule has 0 amide bonds. The van der Waals surface area contributed by atoms with Crippen LogP contribution in [0.2, 0.25) is 0 Å². The molecule has 3 rings (SSSR count). The van der Waals surface area contributed by atoms with E-state index in [0.29, 0.717) is 5.56 Å². The number of rotatable bonds is 2. The highest BCUT2D eigenvalue weighted by Crippen LogP contribution is 2.25. The second kappa shape index (κ2) is 4.46. The van der Waals surface area contributed by atoms with Gasteiger partial charge in [0.2, 0.25) is 0 Å². The lowest BCUT2D eigenvalue weighted by Crippen LogP contribution is -1.94. The summed E-state index contributed by atoms with van der Waals surface area (Å²) in [7, 11) is 0. The molecule has 1 aromatic carbocycles. The fourth-order valence-corrected chi connectivity index (χ4v) is 2.09. The normalized spacial score (nSPS) is 10.3. The van der Waals surface area contributed by atoms with Crippen LogP contribution in [0, 0.1) is 18.3 Å². The molecular formula is C15H12N4. The van der Waals surface area contributed by atoms with Gasteiger partial charge in [0.1, 0.15) is 0 Å². The van der Waals surface area contributed by atoms with Crippen LogP contribution >= 0.6 is 0 Å². The Morgan fingerprint density at radius 1 is 1.32 bits per heavy atom. The van der Waals surface area contributed by atoms with Crippen LogP contribution in [0.25, 0.3) is 10.9 Å². The Labute approximate surface area is 110 Å². The first kappa shape index (κ1) is 11.3. The molecule has 0 aliphatic carbocycles. The highest BCUT2D eigenvalue weighted by molar-refractivity contribution is 5.92. The van der Waals surface area contributed by atoms with Crippen molar-refractivity contribution < 1.29 is 0 Å². The largest absolute Gasteiger partial charge is 0.358 e. The van der Waals surface area contributed by atoms with Gasteiger partial charge in [-0.15, -0.1) is 0 Å². The highest BCUT2D eigenvalue weighted by Gasteiger charge is 2.06. The summed E-state index contributed by atoms with van der Waals surface area (Å²) in [6, 6.07) is 11.5. The predicted octanol–water partition coefficient (Wildman–Crippen LogP) is 3.49. The van der Waals surface area contributed by atoms with Crippen molar-refractivity contribution in [2.24, 2.45) is 0 Å². The van der Waals surface area contributed by atoms with E-state index in [-0.39, 0.29) is 0 Å². The topological polar surface area (TPSA) is 64.5 Å². The summed E-state index contributed by atoms with van der Waals surface area (Å²) in [4.78, 5) is 7.56. The minimum absolute atomic E-state index is 0.625. The number of aryl methyl sites for hydroxylation is 1. The first-order chi connectivity index (χ1) is 9.28. The zero-order chi connectivity index (χ0) is 13.2. The molecule has 92 valence electrons. The van der Waals surface area contributed by atoms with Crippen LogP contribution in [0.4, 0.5) is 11.5 Å². The van der Waals surface area contributed by atoms with Crippen LogP contribution in [0.1, 0.15) is 11.1 Å². The molecule has 0 saturated heterocycles. The Hall–Kier alpha value is -2.80. The quantitative estimate of drug-likeness (QED) is 0.729. The van der Waals surface area contributed by atoms with Gasteiger partial charge in [-0.05, 0) is 36.8 Å². The number of benzene rings is 1. The molecule has 0 aliphatic heterocycles. The summed E-state index contributed by atoms with van der Waals surface area (Å²) >= 11 is 0. The molecule has 0 unspecified atom stereocenters. The van der Waals surface area contributed by atoms with Crippen LogP contribution in [0.15, 0.2) is 42.7 Å². The van der Waals surface area contributed by atoms with Crippen molar-refractivity contribution in [3.63, 3.8) is 0 Å². The summed E-state index contributed by atoms with van der Waals surface area (Å²) in [5.74, 6) is 0.765. The molecule has 3 aromatic rings. The minimum atomic E-state index is 0.625. The molecule has 0 atom stereocenters. The lowest BCUT2D eigenvalue weighted by Gasteiger charge is -2.06. The number of nitrogens with zero attached hydrogens (tertiary/aromatic N) is 2. The summed E-state index contributed by atoms with van der Waals surface area (Å²) in [6.45, 7) is 2.05. The molecule has 4 heteroatoms. The Bertz CT molecular complexity index is 780. The maximum absolute atomic E-state index is 8.90. The van der Waals surface area contributed by atoms with Crippen molar-refractivity contribution in [3.05, 3.63) is 53.9 Å². The third kappa shape index (κ3) is 2.02. The van der Waals surface area contributed by atoms with Gasteiger partial charge < -0.3 is 10.3 Å². The summed E-state index contributed by atoms with van der Waals surface area (Å²) in [5, 5.41) is 13.3. The molecule has 2 aromatic heterocycles. The van der Waals surface area contributed by atoms with Gasteiger partial charge in [-0.25, -0.2) is 4.98 Å². The Morgan fingerprint density at radius 3 is 3.05 bits per heavy atom. The van der Waals surface area contributed by atoms with Crippen LogP contribution in [0.5, 0.6) is 0 Å². The first-order valence-corrected chi connectivity index (χ1v) is 5.98. The molecule has 2 N–H and O–H groups in total. The van der Waals surface area contributed by atoms with Gasteiger partial charge in [0.25, 0.3) is 0 Å². The van der Waals surface area contributed by atoms with E-state index in [4.69, 9.17) is 5.26 Å². The Morgan fingerprint density at radius 2 is 2.21 bits per heavy atom. The van der Waals surface area contributed by atoms with Gasteiger partial charge in [0, 0.05) is 23.5 Å². The smallest absolute Gasteiger partial charge is 0.154 e. The lowest BCUT2D eigenvalue weighted by atomic mass is 10.2. The Kier molecular flexibility index (Phi) is 2.66. The van der Waals surface area contributed by atoms with Crippen molar-refractivity contribution in [2.75, 3.05) is 5.32 Å². The van der Waals surface area contributed by atoms with E-state index in [2.05, 4.69) is 28.3 Å². The maximum atomic E-state index is 8.90. The van der Waals surface area contributed by atoms with Gasteiger partial charge in [0.05, 0.1) is 17.1 Å². The standard InChI is InChI=1S/C15H12N4/c1-10-9-18-14-13(10)5-6-17-15(14)19-12-4-2-3-11(7-12)8-16/h2-7,9,18H,1H3,(H,17,19). The van der Waals surface area contributed by atoms with Crippen molar-refractivity contribution in [1.82, 2.24) is 9.97 Å². The van der Waals surface area contributed by atoms with Gasteiger partial charge in [-0.2, -0.15) is 5.26 Å². The number of hydrogen-bond acceptors (Lipinski definition) is 3. The van der Waals surface area contributed by atoms with E-state index in [9.17, 15) is 0 Å². The summed E-state index contributed by atoms with van der Waals surface area (Å²) in [6.07, 6.45) is 3.74. The average Bonchev–Trinajstić information content (AvgIpc) is 2.82. The van der Waals surface area contributed by atoms with Crippen LogP contribution < -0.4 is 5.32 Å². The van der Waals surface area contributed by atoms with E-state index < -0.39 is 0 Å². The fraction of sp³-hybridized carbons (Fsp3) is 0.0667. The van der Waals surface area contributed by atoms with E-state index >= 15 is 0 Å². The zero-order valence-corrected chi connectivity index (χ0v) is 10.4. The highest BCUT2D eigenvalue weighted by atomic mass is 15.0. The van der Waals surface area contributed by atoms with Crippen LogP contribution in [-0.2, 0) is 0 Å². The molecule has 4 nitrogen and oxygen atoms in total.